The molecule has 1 aliphatic carbocycles. The molecule has 1 saturated heterocycles. The van der Waals surface area contributed by atoms with E-state index in [0.29, 0.717) is 6.42 Å². The molecule has 178 valence electrons. The summed E-state index contributed by atoms with van der Waals surface area (Å²) in [6, 6.07) is 9.84. The van der Waals surface area contributed by atoms with E-state index in [0.717, 1.165) is 61.3 Å². The van der Waals surface area contributed by atoms with E-state index in [9.17, 15) is 9.59 Å². The van der Waals surface area contributed by atoms with Crippen LogP contribution in [0.2, 0.25) is 0 Å². The monoisotopic (exact) mass is 466 g/mol. The van der Waals surface area contributed by atoms with Gasteiger partial charge in [-0.15, -0.1) is 11.3 Å². The van der Waals surface area contributed by atoms with E-state index in [1.807, 2.05) is 35.2 Å². The maximum absolute atomic E-state index is 13.7. The number of amides is 2. The van der Waals surface area contributed by atoms with Crippen LogP contribution in [0.1, 0.15) is 97.0 Å². The Morgan fingerprint density at radius 1 is 0.788 bits per heavy atom. The number of hydrogen-bond donors (Lipinski definition) is 1. The zero-order valence-electron chi connectivity index (χ0n) is 19.9. The smallest absolute Gasteiger partial charge is 0.257 e. The Hall–Kier alpha value is -2.14. The summed E-state index contributed by atoms with van der Waals surface area (Å²) in [5.74, 6) is 0.0977. The Morgan fingerprint density at radius 3 is 2.09 bits per heavy atom. The van der Waals surface area contributed by atoms with Crippen LogP contribution in [0.5, 0.6) is 0 Å². The molecule has 2 amide bonds. The molecule has 33 heavy (non-hydrogen) atoms. The summed E-state index contributed by atoms with van der Waals surface area (Å²) in [6.07, 6.45) is 15.7. The van der Waals surface area contributed by atoms with Crippen molar-refractivity contribution in [3.8, 4) is 0 Å². The van der Waals surface area contributed by atoms with E-state index in [-0.39, 0.29) is 11.8 Å². The Kier molecular flexibility index (Phi) is 8.99. The molecule has 1 aromatic carbocycles. The van der Waals surface area contributed by atoms with Crippen molar-refractivity contribution in [1.82, 2.24) is 4.90 Å². The minimum atomic E-state index is -0.0360. The van der Waals surface area contributed by atoms with E-state index in [2.05, 4.69) is 5.32 Å². The van der Waals surface area contributed by atoms with Gasteiger partial charge in [0.05, 0.1) is 12.0 Å². The second kappa shape index (κ2) is 12.4. The Balaban J connectivity index is 1.61. The minimum Gasteiger partial charge on any atom is -0.339 e. The van der Waals surface area contributed by atoms with Gasteiger partial charge in [-0.1, -0.05) is 68.9 Å². The van der Waals surface area contributed by atoms with Crippen LogP contribution in [0.15, 0.2) is 30.3 Å². The lowest BCUT2D eigenvalue weighted by atomic mass is 9.96. The molecule has 5 heteroatoms. The van der Waals surface area contributed by atoms with Gasteiger partial charge in [0.25, 0.3) is 5.91 Å². The summed E-state index contributed by atoms with van der Waals surface area (Å²) < 4.78 is 0. The zero-order chi connectivity index (χ0) is 22.9. The Morgan fingerprint density at radius 2 is 1.39 bits per heavy atom. The highest BCUT2D eigenvalue weighted by Crippen LogP contribution is 2.37. The fourth-order valence-electron chi connectivity index (χ4n) is 5.15. The third kappa shape index (κ3) is 6.69. The molecule has 2 aromatic rings. The molecule has 0 unspecified atom stereocenters. The highest BCUT2D eigenvalue weighted by Gasteiger charge is 2.28. The molecule has 1 aliphatic heterocycles. The quantitative estimate of drug-likeness (QED) is 0.540. The van der Waals surface area contributed by atoms with Crippen LogP contribution in [0, 0.1) is 0 Å². The van der Waals surface area contributed by atoms with Gasteiger partial charge in [-0.2, -0.15) is 0 Å². The number of carbonyl (C=O) groups is 2. The summed E-state index contributed by atoms with van der Waals surface area (Å²) >= 11 is 1.66. The van der Waals surface area contributed by atoms with Crippen LogP contribution in [0.3, 0.4) is 0 Å². The van der Waals surface area contributed by atoms with Gasteiger partial charge in [-0.3, -0.25) is 9.59 Å². The molecule has 2 aliphatic rings. The lowest BCUT2D eigenvalue weighted by Crippen LogP contribution is -2.36. The minimum absolute atomic E-state index is 0.0360. The van der Waals surface area contributed by atoms with E-state index in [4.69, 9.17) is 0 Å². The summed E-state index contributed by atoms with van der Waals surface area (Å²) in [5.41, 5.74) is 3.02. The van der Waals surface area contributed by atoms with Gasteiger partial charge in [0.2, 0.25) is 5.91 Å². The van der Waals surface area contributed by atoms with Gasteiger partial charge in [0, 0.05) is 18.0 Å². The number of likely N-dealkylation sites (tertiary alicyclic amines) is 1. The average Bonchev–Trinajstić information content (AvgIpc) is 3.16. The number of nitrogens with one attached hydrogen (secondary N) is 1. The van der Waals surface area contributed by atoms with Crippen molar-refractivity contribution in [2.24, 2.45) is 0 Å². The van der Waals surface area contributed by atoms with Gasteiger partial charge >= 0.3 is 0 Å². The first-order valence-corrected chi connectivity index (χ1v) is 13.8. The molecule has 1 fully saturated rings. The maximum Gasteiger partial charge on any atom is 0.257 e. The molecule has 1 aromatic heterocycles. The number of rotatable bonds is 4. The number of hydrogen-bond acceptors (Lipinski definition) is 3. The molecular weight excluding hydrogens is 428 g/mol. The third-order valence-corrected chi connectivity index (χ3v) is 8.20. The van der Waals surface area contributed by atoms with Crippen LogP contribution in [0.25, 0.3) is 0 Å². The first-order valence-electron chi connectivity index (χ1n) is 13.0. The number of carbonyl (C=O) groups excluding carboxylic acids is 2. The average molecular weight is 467 g/mol. The molecule has 0 saturated carbocycles. The number of fused-ring (bicyclic) bond motifs is 1. The number of anilines is 1. The van der Waals surface area contributed by atoms with Crippen molar-refractivity contribution in [2.75, 3.05) is 18.4 Å². The molecule has 4 nitrogen and oxygen atoms in total. The van der Waals surface area contributed by atoms with Crippen molar-refractivity contribution >= 4 is 28.2 Å². The molecule has 0 spiro atoms. The van der Waals surface area contributed by atoms with Gasteiger partial charge in [0.15, 0.2) is 0 Å². The lowest BCUT2D eigenvalue weighted by molar-refractivity contribution is -0.115. The fourth-order valence-corrected chi connectivity index (χ4v) is 6.45. The number of piperidine rings is 1. The normalized spacial score (nSPS) is 18.0. The third-order valence-electron chi connectivity index (χ3n) is 6.99. The van der Waals surface area contributed by atoms with Crippen LogP contribution in [0.4, 0.5) is 5.00 Å². The Labute approximate surface area is 202 Å². The molecule has 0 atom stereocenters. The van der Waals surface area contributed by atoms with Crippen LogP contribution >= 0.6 is 11.3 Å². The summed E-state index contributed by atoms with van der Waals surface area (Å²) in [6.45, 7) is 1.67. The largest absolute Gasteiger partial charge is 0.339 e. The van der Waals surface area contributed by atoms with E-state index in [1.54, 1.807) is 11.3 Å². The molecule has 2 heterocycles. The summed E-state index contributed by atoms with van der Waals surface area (Å²) in [7, 11) is 0. The highest BCUT2D eigenvalue weighted by atomic mass is 32.1. The number of benzene rings is 1. The van der Waals surface area contributed by atoms with Crippen LogP contribution in [-0.4, -0.2) is 29.8 Å². The first kappa shape index (κ1) is 24.0. The van der Waals surface area contributed by atoms with Crippen LogP contribution < -0.4 is 5.32 Å². The number of thiophene rings is 1. The molecule has 0 radical (unpaired) electrons. The predicted octanol–water partition coefficient (Wildman–Crippen LogP) is 6.77. The first-order chi connectivity index (χ1) is 16.2. The SMILES string of the molecule is O=C(Cc1ccccc1)Nc1sc2c(c1C(=O)N1CCCCC1)CCCCCCCCCC2. The van der Waals surface area contributed by atoms with Gasteiger partial charge in [-0.25, -0.2) is 0 Å². The Bertz CT molecular complexity index is 915. The van der Waals surface area contributed by atoms with E-state index < -0.39 is 0 Å². The zero-order valence-corrected chi connectivity index (χ0v) is 20.7. The summed E-state index contributed by atoms with van der Waals surface area (Å²) in [4.78, 5) is 30.1. The van der Waals surface area contributed by atoms with E-state index in [1.165, 1.54) is 61.8 Å². The van der Waals surface area contributed by atoms with Gasteiger partial charge in [0.1, 0.15) is 5.00 Å². The number of nitrogens with zero attached hydrogens (tertiary/aromatic N) is 1. The van der Waals surface area contributed by atoms with E-state index >= 15 is 0 Å². The molecule has 4 rings (SSSR count). The second-order valence-electron chi connectivity index (χ2n) is 9.60. The van der Waals surface area contributed by atoms with Crippen LogP contribution in [-0.2, 0) is 24.1 Å². The van der Waals surface area contributed by atoms with Gasteiger partial charge in [-0.05, 0) is 56.1 Å². The maximum atomic E-state index is 13.7. The standard InChI is InChI=1S/C28H38N2O2S/c31-25(21-22-15-9-7-10-16-22)29-27-26(28(32)30-19-13-8-14-20-30)23-17-11-5-3-1-2-4-6-12-18-24(23)33-27/h7,9-10,15-16H,1-6,8,11-14,17-21H2,(H,29,31). The molecule has 0 bridgehead atoms. The molecular formula is C28H38N2O2S. The second-order valence-corrected chi connectivity index (χ2v) is 10.7. The fraction of sp³-hybridized carbons (Fsp3) is 0.571. The predicted molar refractivity (Wildman–Crippen MR) is 137 cm³/mol. The highest BCUT2D eigenvalue weighted by molar-refractivity contribution is 7.17. The molecule has 1 N–H and O–H groups in total. The summed E-state index contributed by atoms with van der Waals surface area (Å²) in [5, 5.41) is 3.95. The number of aryl methyl sites for hydroxylation is 1. The van der Waals surface area contributed by atoms with Crippen molar-refractivity contribution in [2.45, 2.75) is 89.9 Å². The topological polar surface area (TPSA) is 49.4 Å². The van der Waals surface area contributed by atoms with Crippen molar-refractivity contribution in [1.29, 1.82) is 0 Å². The van der Waals surface area contributed by atoms with Gasteiger partial charge < -0.3 is 10.2 Å². The van der Waals surface area contributed by atoms with Crippen molar-refractivity contribution in [3.05, 3.63) is 51.9 Å². The lowest BCUT2D eigenvalue weighted by Gasteiger charge is -2.27. The van der Waals surface area contributed by atoms with Crippen molar-refractivity contribution in [3.63, 3.8) is 0 Å². The van der Waals surface area contributed by atoms with Crippen molar-refractivity contribution < 1.29 is 9.59 Å².